The van der Waals surface area contributed by atoms with E-state index in [9.17, 15) is 28.1 Å². The van der Waals surface area contributed by atoms with Gasteiger partial charge >= 0.3 is 5.97 Å². The molecule has 1 N–H and O–H groups in total. The van der Waals surface area contributed by atoms with Crippen molar-refractivity contribution >= 4 is 33.3 Å². The maximum atomic E-state index is 13.4. The number of carbonyl (C=O) groups is 2. The van der Waals surface area contributed by atoms with Crippen molar-refractivity contribution in [3.8, 4) is 5.75 Å². The number of nitrogens with one attached hydrogen (secondary N) is 1. The first-order valence-corrected chi connectivity index (χ1v) is 13.1. The molecule has 4 rings (SSSR count). The fourth-order valence-electron chi connectivity index (χ4n) is 4.30. The number of sulfonamides is 1. The van der Waals surface area contributed by atoms with Gasteiger partial charge in [-0.3, -0.25) is 19.7 Å². The van der Waals surface area contributed by atoms with Gasteiger partial charge in [0.15, 0.2) is 6.61 Å². The fourth-order valence-corrected chi connectivity index (χ4v) is 5.93. The standard InChI is InChI=1S/C26H25N3O8S/c1-36-24-15-19(29(32)33)11-12-22(24)27-25(30)17-37-26(31)16-23-21-10-6-5-7-18(21)13-14-28(23)38(34,35)20-8-3-2-4-9-20/h2-12,15,23H,13-14,16-17H2,1H3,(H,27,30)/t23-/m0/s1. The number of amides is 1. The van der Waals surface area contributed by atoms with Crippen LogP contribution in [-0.2, 0) is 30.8 Å². The lowest BCUT2D eigenvalue weighted by Crippen LogP contribution is -2.41. The molecule has 1 atom stereocenters. The van der Waals surface area contributed by atoms with Gasteiger partial charge in [0.2, 0.25) is 10.0 Å². The molecule has 12 heteroatoms. The van der Waals surface area contributed by atoms with Gasteiger partial charge in [-0.2, -0.15) is 4.31 Å². The monoisotopic (exact) mass is 539 g/mol. The highest BCUT2D eigenvalue weighted by Gasteiger charge is 2.37. The van der Waals surface area contributed by atoms with E-state index in [0.29, 0.717) is 12.0 Å². The van der Waals surface area contributed by atoms with Crippen LogP contribution in [0.1, 0.15) is 23.6 Å². The van der Waals surface area contributed by atoms with Crippen molar-refractivity contribution in [2.75, 3.05) is 25.6 Å². The predicted octanol–water partition coefficient (Wildman–Crippen LogP) is 3.46. The number of rotatable bonds is 9. The molecule has 1 aliphatic heterocycles. The summed E-state index contributed by atoms with van der Waals surface area (Å²) in [4.78, 5) is 35.7. The normalized spacial score (nSPS) is 15.2. The van der Waals surface area contributed by atoms with E-state index < -0.39 is 39.5 Å². The van der Waals surface area contributed by atoms with E-state index in [4.69, 9.17) is 9.47 Å². The second-order valence-electron chi connectivity index (χ2n) is 8.45. The molecule has 0 fully saturated rings. The number of nitro groups is 1. The number of carbonyl (C=O) groups excluding carboxylic acids is 2. The Labute approximate surface area is 219 Å². The van der Waals surface area contributed by atoms with Crippen LogP contribution in [0.3, 0.4) is 0 Å². The summed E-state index contributed by atoms with van der Waals surface area (Å²) in [7, 11) is -2.61. The summed E-state index contributed by atoms with van der Waals surface area (Å²) in [6.07, 6.45) is 0.199. The molecule has 38 heavy (non-hydrogen) atoms. The minimum atomic E-state index is -3.90. The van der Waals surface area contributed by atoms with Crippen LogP contribution in [0.2, 0.25) is 0 Å². The van der Waals surface area contributed by atoms with Crippen molar-refractivity contribution in [3.63, 3.8) is 0 Å². The highest BCUT2D eigenvalue weighted by molar-refractivity contribution is 7.89. The number of esters is 1. The average molecular weight is 540 g/mol. The van der Waals surface area contributed by atoms with Crippen molar-refractivity contribution in [1.29, 1.82) is 0 Å². The lowest BCUT2D eigenvalue weighted by atomic mass is 9.92. The highest BCUT2D eigenvalue weighted by atomic mass is 32.2. The third-order valence-corrected chi connectivity index (χ3v) is 8.03. The van der Waals surface area contributed by atoms with Crippen molar-refractivity contribution in [1.82, 2.24) is 4.31 Å². The fraction of sp³-hybridized carbons (Fsp3) is 0.231. The second-order valence-corrected chi connectivity index (χ2v) is 10.3. The van der Waals surface area contributed by atoms with E-state index in [1.165, 1.54) is 35.7 Å². The quantitative estimate of drug-likeness (QED) is 0.247. The summed E-state index contributed by atoms with van der Waals surface area (Å²) in [5.41, 5.74) is 1.60. The minimum Gasteiger partial charge on any atom is -0.494 e. The Kier molecular flexibility index (Phi) is 8.03. The molecule has 0 bridgehead atoms. The number of methoxy groups -OCH3 is 1. The van der Waals surface area contributed by atoms with Crippen LogP contribution in [-0.4, -0.2) is 49.8 Å². The van der Waals surface area contributed by atoms with Gasteiger partial charge in [0.1, 0.15) is 5.75 Å². The molecule has 0 spiro atoms. The van der Waals surface area contributed by atoms with E-state index in [2.05, 4.69) is 5.32 Å². The molecule has 1 aliphatic rings. The number of nitrogens with zero attached hydrogens (tertiary/aromatic N) is 2. The molecule has 1 heterocycles. The summed E-state index contributed by atoms with van der Waals surface area (Å²) >= 11 is 0. The Morgan fingerprint density at radius 3 is 2.50 bits per heavy atom. The van der Waals surface area contributed by atoms with Gasteiger partial charge in [-0.15, -0.1) is 0 Å². The number of fused-ring (bicyclic) bond motifs is 1. The molecule has 3 aromatic rings. The molecule has 3 aromatic carbocycles. The van der Waals surface area contributed by atoms with Crippen molar-refractivity contribution in [2.45, 2.75) is 23.8 Å². The van der Waals surface area contributed by atoms with E-state index in [1.54, 1.807) is 30.3 Å². The molecule has 11 nitrogen and oxygen atoms in total. The summed E-state index contributed by atoms with van der Waals surface area (Å²) in [6, 6.07) is 18.2. The molecule has 0 saturated heterocycles. The first kappa shape index (κ1) is 26.8. The Balaban J connectivity index is 1.47. The van der Waals surface area contributed by atoms with Crippen LogP contribution in [0, 0.1) is 10.1 Å². The topological polar surface area (TPSA) is 145 Å². The van der Waals surface area contributed by atoms with E-state index >= 15 is 0 Å². The van der Waals surface area contributed by atoms with Gasteiger partial charge in [0.25, 0.3) is 11.6 Å². The largest absolute Gasteiger partial charge is 0.494 e. The second kappa shape index (κ2) is 11.4. The van der Waals surface area contributed by atoms with E-state index in [0.717, 1.165) is 11.6 Å². The van der Waals surface area contributed by atoms with Gasteiger partial charge in [-0.1, -0.05) is 42.5 Å². The third kappa shape index (κ3) is 5.82. The first-order valence-electron chi connectivity index (χ1n) is 11.6. The van der Waals surface area contributed by atoms with Crippen LogP contribution in [0.25, 0.3) is 0 Å². The number of hydrogen-bond donors (Lipinski definition) is 1. The molecular weight excluding hydrogens is 514 g/mol. The number of non-ortho nitro benzene ring substituents is 1. The molecule has 0 unspecified atom stereocenters. The summed E-state index contributed by atoms with van der Waals surface area (Å²) in [5.74, 6) is -1.38. The Bertz CT molecular complexity index is 1460. The Morgan fingerprint density at radius 2 is 1.79 bits per heavy atom. The summed E-state index contributed by atoms with van der Waals surface area (Å²) in [6.45, 7) is -0.453. The van der Waals surface area contributed by atoms with E-state index in [-0.39, 0.29) is 35.0 Å². The average Bonchev–Trinajstić information content (AvgIpc) is 2.92. The van der Waals surface area contributed by atoms with Gasteiger partial charge < -0.3 is 14.8 Å². The SMILES string of the molecule is COc1cc([N+](=O)[O-])ccc1NC(=O)COC(=O)C[C@H]1c2ccccc2CCN1S(=O)(=O)c1ccccc1. The van der Waals surface area contributed by atoms with Crippen LogP contribution < -0.4 is 10.1 Å². The minimum absolute atomic E-state index is 0.0689. The number of nitro benzene ring substituents is 1. The molecule has 0 aliphatic carbocycles. The smallest absolute Gasteiger partial charge is 0.308 e. The zero-order valence-electron chi connectivity index (χ0n) is 20.4. The van der Waals surface area contributed by atoms with Gasteiger partial charge in [-0.05, 0) is 35.7 Å². The van der Waals surface area contributed by atoms with Gasteiger partial charge in [0, 0.05) is 12.6 Å². The van der Waals surface area contributed by atoms with Crippen molar-refractivity contribution < 1.29 is 32.4 Å². The molecule has 1 amide bonds. The van der Waals surface area contributed by atoms with Crippen LogP contribution in [0.5, 0.6) is 5.75 Å². The molecular formula is C26H25N3O8S. The third-order valence-electron chi connectivity index (χ3n) is 6.11. The van der Waals surface area contributed by atoms with Gasteiger partial charge in [0.05, 0.1) is 41.1 Å². The zero-order chi connectivity index (χ0) is 27.3. The molecule has 198 valence electrons. The first-order chi connectivity index (χ1) is 18.2. The van der Waals surface area contributed by atoms with Crippen LogP contribution >= 0.6 is 0 Å². The van der Waals surface area contributed by atoms with E-state index in [1.807, 2.05) is 12.1 Å². The van der Waals surface area contributed by atoms with Crippen molar-refractivity contribution in [3.05, 3.63) is 94.0 Å². The van der Waals surface area contributed by atoms with Gasteiger partial charge in [-0.25, -0.2) is 8.42 Å². The number of ether oxygens (including phenoxy) is 2. The Morgan fingerprint density at radius 1 is 1.08 bits per heavy atom. The predicted molar refractivity (Wildman–Crippen MR) is 137 cm³/mol. The number of hydrogen-bond acceptors (Lipinski definition) is 8. The lowest BCUT2D eigenvalue weighted by Gasteiger charge is -2.36. The number of benzene rings is 3. The highest BCUT2D eigenvalue weighted by Crippen LogP contribution is 2.36. The zero-order valence-corrected chi connectivity index (χ0v) is 21.2. The van der Waals surface area contributed by atoms with Crippen molar-refractivity contribution in [2.24, 2.45) is 0 Å². The summed E-state index contributed by atoms with van der Waals surface area (Å²) in [5, 5.41) is 13.4. The summed E-state index contributed by atoms with van der Waals surface area (Å²) < 4.78 is 38.4. The van der Waals surface area contributed by atoms with Crippen LogP contribution in [0.4, 0.5) is 11.4 Å². The number of anilines is 1. The maximum Gasteiger partial charge on any atom is 0.308 e. The maximum absolute atomic E-state index is 13.4. The van der Waals surface area contributed by atoms with Crippen LogP contribution in [0.15, 0.2) is 77.7 Å². The molecule has 0 aromatic heterocycles. The molecule has 0 radical (unpaired) electrons. The molecule has 0 saturated carbocycles. The lowest BCUT2D eigenvalue weighted by molar-refractivity contribution is -0.384. The Hall–Kier alpha value is -4.29.